The predicted octanol–water partition coefficient (Wildman–Crippen LogP) is 1.11. The molecule has 4 heteroatoms. The second kappa shape index (κ2) is 3.39. The minimum absolute atomic E-state index is 0.0431. The van der Waals surface area contributed by atoms with Crippen molar-refractivity contribution in [1.29, 1.82) is 5.41 Å². The fourth-order valence-electron chi connectivity index (χ4n) is 0.748. The molecule has 0 amide bonds. The fraction of sp³-hybridized carbons (Fsp3) is 0.143. The zero-order chi connectivity index (χ0) is 8.27. The van der Waals surface area contributed by atoms with Crippen LogP contribution < -0.4 is 11.1 Å². The molecule has 1 heterocycles. The van der Waals surface area contributed by atoms with Gasteiger partial charge in [0, 0.05) is 4.88 Å². The Hall–Kier alpha value is -1.03. The maximum Gasteiger partial charge on any atom is 0.186 e. The summed E-state index contributed by atoms with van der Waals surface area (Å²) in [7, 11) is 0. The molecule has 59 valence electrons. The normalized spacial score (nSPS) is 12.5. The minimum Gasteiger partial charge on any atom is -0.370 e. The third kappa shape index (κ3) is 2.23. The smallest absolute Gasteiger partial charge is 0.186 e. The molecular weight excluding hydrogens is 158 g/mol. The second-order valence-electron chi connectivity index (χ2n) is 2.13. The zero-order valence-electron chi connectivity index (χ0n) is 6.00. The average molecular weight is 168 g/mol. The van der Waals surface area contributed by atoms with Gasteiger partial charge in [0.15, 0.2) is 5.96 Å². The van der Waals surface area contributed by atoms with Crippen molar-refractivity contribution in [1.82, 2.24) is 5.32 Å². The van der Waals surface area contributed by atoms with Crippen LogP contribution in [0.4, 0.5) is 0 Å². The van der Waals surface area contributed by atoms with E-state index in [0.29, 0.717) is 0 Å². The number of guanidine groups is 1. The highest BCUT2D eigenvalue weighted by Crippen LogP contribution is 2.16. The summed E-state index contributed by atoms with van der Waals surface area (Å²) < 4.78 is 0. The molecule has 0 aliphatic rings. The van der Waals surface area contributed by atoms with Crippen LogP contribution in [0.1, 0.15) is 10.9 Å². The van der Waals surface area contributed by atoms with E-state index in [1.807, 2.05) is 17.5 Å². The number of nitrogens with two attached hydrogens (primary N) is 1. The summed E-state index contributed by atoms with van der Waals surface area (Å²) in [5, 5.41) is 11.6. The van der Waals surface area contributed by atoms with E-state index in [1.54, 1.807) is 11.3 Å². The SMILES string of the molecule is [CH2]C(NC(=N)N)c1cccs1. The summed E-state index contributed by atoms with van der Waals surface area (Å²) in [5.41, 5.74) is 5.14. The van der Waals surface area contributed by atoms with Gasteiger partial charge < -0.3 is 11.1 Å². The van der Waals surface area contributed by atoms with Crippen LogP contribution in [0, 0.1) is 12.3 Å². The fourth-order valence-corrected chi connectivity index (χ4v) is 1.44. The molecule has 4 N–H and O–H groups in total. The van der Waals surface area contributed by atoms with Gasteiger partial charge in [-0.3, -0.25) is 5.41 Å². The number of hydrogen-bond acceptors (Lipinski definition) is 2. The summed E-state index contributed by atoms with van der Waals surface area (Å²) in [6, 6.07) is 3.80. The number of hydrogen-bond donors (Lipinski definition) is 3. The first-order valence-electron chi connectivity index (χ1n) is 3.17. The first-order valence-corrected chi connectivity index (χ1v) is 4.05. The lowest BCUT2D eigenvalue weighted by Gasteiger charge is -2.10. The molecule has 1 aromatic heterocycles. The van der Waals surface area contributed by atoms with Gasteiger partial charge >= 0.3 is 0 Å². The van der Waals surface area contributed by atoms with Gasteiger partial charge in [0.2, 0.25) is 0 Å². The Labute approximate surface area is 69.7 Å². The predicted molar refractivity (Wildman–Crippen MR) is 47.5 cm³/mol. The van der Waals surface area contributed by atoms with Crippen LogP contribution in [0.5, 0.6) is 0 Å². The van der Waals surface area contributed by atoms with Crippen LogP contribution in [-0.4, -0.2) is 5.96 Å². The average Bonchev–Trinajstić information content (AvgIpc) is 2.35. The Kier molecular flexibility index (Phi) is 2.48. The number of thiophene rings is 1. The molecule has 0 aliphatic carbocycles. The van der Waals surface area contributed by atoms with Crippen LogP contribution in [0.25, 0.3) is 0 Å². The molecule has 0 aliphatic heterocycles. The van der Waals surface area contributed by atoms with Crippen molar-refractivity contribution in [2.24, 2.45) is 5.73 Å². The molecule has 1 atom stereocenters. The standard InChI is InChI=1S/C7H10N3S/c1-5(10-7(8)9)6-3-2-4-11-6/h2-5H,1H2,(H4,8,9,10). The van der Waals surface area contributed by atoms with Gasteiger partial charge in [-0.2, -0.15) is 0 Å². The molecule has 0 fully saturated rings. The van der Waals surface area contributed by atoms with Crippen molar-refractivity contribution in [3.63, 3.8) is 0 Å². The second-order valence-corrected chi connectivity index (χ2v) is 3.11. The molecular formula is C7H10N3S. The van der Waals surface area contributed by atoms with E-state index < -0.39 is 0 Å². The van der Waals surface area contributed by atoms with Crippen molar-refractivity contribution in [2.75, 3.05) is 0 Å². The third-order valence-corrected chi connectivity index (χ3v) is 2.20. The largest absolute Gasteiger partial charge is 0.370 e. The summed E-state index contributed by atoms with van der Waals surface area (Å²) in [5.74, 6) is -0.0431. The van der Waals surface area contributed by atoms with E-state index in [0.717, 1.165) is 4.88 Å². The Morgan fingerprint density at radius 3 is 3.00 bits per heavy atom. The van der Waals surface area contributed by atoms with Crippen LogP contribution in [-0.2, 0) is 0 Å². The topological polar surface area (TPSA) is 61.9 Å². The van der Waals surface area contributed by atoms with Crippen LogP contribution in [0.3, 0.4) is 0 Å². The Balaban J connectivity index is 2.56. The number of nitrogens with one attached hydrogen (secondary N) is 2. The van der Waals surface area contributed by atoms with E-state index >= 15 is 0 Å². The minimum atomic E-state index is -0.104. The molecule has 0 saturated heterocycles. The van der Waals surface area contributed by atoms with Gasteiger partial charge in [-0.05, 0) is 18.4 Å². The van der Waals surface area contributed by atoms with Crippen LogP contribution >= 0.6 is 11.3 Å². The molecule has 0 aromatic carbocycles. The number of rotatable bonds is 2. The molecule has 1 rings (SSSR count). The lowest BCUT2D eigenvalue weighted by molar-refractivity contribution is 0.792. The van der Waals surface area contributed by atoms with Gasteiger partial charge in [-0.1, -0.05) is 6.07 Å². The lowest BCUT2D eigenvalue weighted by atomic mass is 10.3. The van der Waals surface area contributed by atoms with Gasteiger partial charge in [0.25, 0.3) is 0 Å². The Morgan fingerprint density at radius 2 is 2.55 bits per heavy atom. The van der Waals surface area contributed by atoms with Crippen molar-refractivity contribution < 1.29 is 0 Å². The molecule has 0 spiro atoms. The molecule has 3 nitrogen and oxygen atoms in total. The summed E-state index contributed by atoms with van der Waals surface area (Å²) in [6.45, 7) is 3.80. The van der Waals surface area contributed by atoms with Gasteiger partial charge in [-0.25, -0.2) is 0 Å². The molecule has 1 unspecified atom stereocenters. The molecule has 0 bridgehead atoms. The quantitative estimate of drug-likeness (QED) is 0.457. The van der Waals surface area contributed by atoms with E-state index in [2.05, 4.69) is 12.2 Å². The highest BCUT2D eigenvalue weighted by Gasteiger charge is 2.04. The highest BCUT2D eigenvalue weighted by molar-refractivity contribution is 7.10. The third-order valence-electron chi connectivity index (χ3n) is 1.22. The van der Waals surface area contributed by atoms with Gasteiger partial charge in [-0.15, -0.1) is 11.3 Å². The molecule has 0 saturated carbocycles. The molecule has 11 heavy (non-hydrogen) atoms. The first-order chi connectivity index (χ1) is 5.20. The van der Waals surface area contributed by atoms with Crippen LogP contribution in [0.2, 0.25) is 0 Å². The summed E-state index contributed by atoms with van der Waals surface area (Å²) in [6.07, 6.45) is 0. The first kappa shape index (κ1) is 8.07. The molecule has 1 aromatic rings. The Morgan fingerprint density at radius 1 is 1.82 bits per heavy atom. The lowest BCUT2D eigenvalue weighted by Crippen LogP contribution is -2.32. The van der Waals surface area contributed by atoms with Gasteiger partial charge in [0.1, 0.15) is 0 Å². The van der Waals surface area contributed by atoms with E-state index in [4.69, 9.17) is 11.1 Å². The maximum absolute atomic E-state index is 6.96. The summed E-state index contributed by atoms with van der Waals surface area (Å²) >= 11 is 1.60. The monoisotopic (exact) mass is 168 g/mol. The zero-order valence-corrected chi connectivity index (χ0v) is 6.82. The maximum atomic E-state index is 6.96. The van der Waals surface area contributed by atoms with E-state index in [1.165, 1.54) is 0 Å². The van der Waals surface area contributed by atoms with E-state index in [-0.39, 0.29) is 12.0 Å². The molecule has 1 radical (unpaired) electrons. The van der Waals surface area contributed by atoms with Gasteiger partial charge in [0.05, 0.1) is 6.04 Å². The Bertz CT molecular complexity index is 230. The van der Waals surface area contributed by atoms with E-state index in [9.17, 15) is 0 Å². The van der Waals surface area contributed by atoms with Crippen molar-refractivity contribution in [3.05, 3.63) is 29.3 Å². The van der Waals surface area contributed by atoms with Crippen LogP contribution in [0.15, 0.2) is 17.5 Å². The van der Waals surface area contributed by atoms with Crippen molar-refractivity contribution >= 4 is 17.3 Å². The van der Waals surface area contributed by atoms with Crippen molar-refractivity contribution in [2.45, 2.75) is 6.04 Å². The summed E-state index contributed by atoms with van der Waals surface area (Å²) in [4.78, 5) is 1.08. The highest BCUT2D eigenvalue weighted by atomic mass is 32.1. The van der Waals surface area contributed by atoms with Crippen molar-refractivity contribution in [3.8, 4) is 0 Å².